The van der Waals surface area contributed by atoms with Crippen LogP contribution in [0.4, 0.5) is 4.79 Å². The summed E-state index contributed by atoms with van der Waals surface area (Å²) in [6.07, 6.45) is 6.13. The molecule has 0 fully saturated rings. The standard InChI is InChI=1S/C21H32N4O3/c1-3-5-6-10-14-24-21(28)25-18(17(4-2)19(22)26)20(27)23-15-13-16-11-8-7-9-12-16/h4,7-9,11-12,17-18H,2-3,5-6,10,13-15H2,1H3,(H2,22,26)(H,23,27)(H2,24,25,28)/p+1/t17?,18-/m1/s1. The van der Waals surface area contributed by atoms with Crippen LogP contribution in [0.25, 0.3) is 0 Å². The molecule has 0 heterocycles. The first-order valence-electron chi connectivity index (χ1n) is 9.84. The van der Waals surface area contributed by atoms with Gasteiger partial charge in [0.1, 0.15) is 12.0 Å². The van der Waals surface area contributed by atoms with Crippen LogP contribution in [0.1, 0.15) is 38.2 Å². The molecule has 7 heteroatoms. The minimum absolute atomic E-state index is 0.398. The van der Waals surface area contributed by atoms with Crippen molar-refractivity contribution in [1.82, 2.24) is 16.0 Å². The Bertz CT molecular complexity index is 634. The normalized spacial score (nSPS) is 12.5. The van der Waals surface area contributed by atoms with Gasteiger partial charge in [0.2, 0.25) is 5.91 Å². The highest BCUT2D eigenvalue weighted by molar-refractivity contribution is 5.91. The number of quaternary nitrogens is 1. The summed E-state index contributed by atoms with van der Waals surface area (Å²) in [7, 11) is 0. The molecule has 4 amide bonds. The van der Waals surface area contributed by atoms with Crippen LogP contribution in [0.5, 0.6) is 0 Å². The summed E-state index contributed by atoms with van der Waals surface area (Å²) < 4.78 is 0. The smallest absolute Gasteiger partial charge is 0.318 e. The highest BCUT2D eigenvalue weighted by Gasteiger charge is 2.33. The van der Waals surface area contributed by atoms with Gasteiger partial charge in [-0.3, -0.25) is 10.5 Å². The predicted octanol–water partition coefficient (Wildman–Crippen LogP) is 1.16. The van der Waals surface area contributed by atoms with Crippen LogP contribution in [-0.2, 0) is 16.0 Å². The molecule has 0 aromatic heterocycles. The summed E-state index contributed by atoms with van der Waals surface area (Å²) in [6.45, 7) is 6.64. The molecule has 0 saturated carbocycles. The topological polar surface area (TPSA) is 115 Å². The number of benzene rings is 1. The van der Waals surface area contributed by atoms with Crippen LogP contribution >= 0.6 is 0 Å². The van der Waals surface area contributed by atoms with Crippen molar-refractivity contribution >= 4 is 17.8 Å². The van der Waals surface area contributed by atoms with Gasteiger partial charge < -0.3 is 16.0 Å². The van der Waals surface area contributed by atoms with Gasteiger partial charge in [-0.25, -0.2) is 9.59 Å². The van der Waals surface area contributed by atoms with Crippen LogP contribution in [0.3, 0.4) is 0 Å². The Kier molecular flexibility index (Phi) is 11.3. The number of hydrogen-bond donors (Lipinski definition) is 4. The molecule has 0 saturated heterocycles. The lowest BCUT2D eigenvalue weighted by molar-refractivity contribution is -0.310. The van der Waals surface area contributed by atoms with Gasteiger partial charge in [0.05, 0.1) is 0 Å². The third-order valence-electron chi connectivity index (χ3n) is 4.43. The minimum atomic E-state index is -1.05. The number of urea groups is 1. The monoisotopic (exact) mass is 389 g/mol. The maximum atomic E-state index is 12.6. The molecule has 1 aromatic carbocycles. The molecular weight excluding hydrogens is 356 g/mol. The van der Waals surface area contributed by atoms with E-state index in [-0.39, 0.29) is 0 Å². The Morgan fingerprint density at radius 1 is 1.07 bits per heavy atom. The van der Waals surface area contributed by atoms with E-state index in [1.165, 1.54) is 6.08 Å². The van der Waals surface area contributed by atoms with Crippen molar-refractivity contribution in [3.63, 3.8) is 0 Å². The highest BCUT2D eigenvalue weighted by Crippen LogP contribution is 2.06. The van der Waals surface area contributed by atoms with E-state index in [1.807, 2.05) is 30.3 Å². The van der Waals surface area contributed by atoms with Crippen molar-refractivity contribution in [3.05, 3.63) is 48.6 Å². The van der Waals surface area contributed by atoms with Crippen LogP contribution in [0, 0.1) is 5.92 Å². The number of carbonyl (C=O) groups is 3. The average molecular weight is 390 g/mol. The Morgan fingerprint density at radius 2 is 1.79 bits per heavy atom. The molecule has 28 heavy (non-hydrogen) atoms. The molecule has 0 spiro atoms. The second-order valence-electron chi connectivity index (χ2n) is 6.69. The van der Waals surface area contributed by atoms with Gasteiger partial charge in [-0.1, -0.05) is 62.6 Å². The number of rotatable bonds is 13. The quantitative estimate of drug-likeness (QED) is 0.300. The van der Waals surface area contributed by atoms with E-state index in [0.717, 1.165) is 31.2 Å². The highest BCUT2D eigenvalue weighted by atomic mass is 16.2. The van der Waals surface area contributed by atoms with Gasteiger partial charge >= 0.3 is 11.9 Å². The lowest BCUT2D eigenvalue weighted by Gasteiger charge is -2.22. The second-order valence-corrected chi connectivity index (χ2v) is 6.69. The lowest BCUT2D eigenvalue weighted by atomic mass is 9.98. The Morgan fingerprint density at radius 3 is 2.39 bits per heavy atom. The Balaban J connectivity index is 2.60. The molecule has 1 unspecified atom stereocenters. The summed E-state index contributed by atoms with van der Waals surface area (Å²) in [5, 5.41) is 8.11. The van der Waals surface area contributed by atoms with Crippen molar-refractivity contribution in [3.8, 4) is 0 Å². The van der Waals surface area contributed by atoms with Crippen molar-refractivity contribution in [2.45, 2.75) is 45.1 Å². The first-order valence-corrected chi connectivity index (χ1v) is 9.84. The second kappa shape index (κ2) is 13.5. The Labute approximate surface area is 167 Å². The van der Waals surface area contributed by atoms with E-state index in [9.17, 15) is 14.4 Å². The molecule has 7 nitrogen and oxygen atoms in total. The summed E-state index contributed by atoms with van der Waals surface area (Å²) in [4.78, 5) is 36.6. The maximum Gasteiger partial charge on any atom is 0.318 e. The average Bonchev–Trinajstić information content (AvgIpc) is 2.68. The van der Waals surface area contributed by atoms with Gasteiger partial charge in [-0.05, 0) is 18.4 Å². The first kappa shape index (κ1) is 23.4. The molecule has 0 aliphatic carbocycles. The fraction of sp³-hybridized carbons (Fsp3) is 0.476. The molecule has 0 aliphatic rings. The molecular formula is C21H33N4O3+. The van der Waals surface area contributed by atoms with Crippen LogP contribution in [0.15, 0.2) is 43.0 Å². The van der Waals surface area contributed by atoms with Crippen LogP contribution in [-0.4, -0.2) is 37.0 Å². The van der Waals surface area contributed by atoms with E-state index >= 15 is 0 Å². The zero-order chi connectivity index (χ0) is 20.8. The van der Waals surface area contributed by atoms with Crippen LogP contribution < -0.4 is 21.7 Å². The summed E-state index contributed by atoms with van der Waals surface area (Å²) in [5.74, 6) is -1.79. The number of carbonyl (C=O) groups excluding carboxylic acids is 3. The van der Waals surface area contributed by atoms with Gasteiger partial charge in [-0.15, -0.1) is 6.58 Å². The van der Waals surface area contributed by atoms with Crippen molar-refractivity contribution in [2.24, 2.45) is 5.92 Å². The molecule has 0 aliphatic heterocycles. The summed E-state index contributed by atoms with van der Waals surface area (Å²) in [6, 6.07) is 8.21. The third-order valence-corrected chi connectivity index (χ3v) is 4.43. The molecule has 154 valence electrons. The van der Waals surface area contributed by atoms with Gasteiger partial charge in [0.25, 0.3) is 0 Å². The predicted molar refractivity (Wildman–Crippen MR) is 109 cm³/mol. The third kappa shape index (κ3) is 8.81. The zero-order valence-corrected chi connectivity index (χ0v) is 16.7. The number of unbranched alkanes of at least 4 members (excludes halogenated alkanes) is 3. The summed E-state index contributed by atoms with van der Waals surface area (Å²) >= 11 is 0. The molecule has 1 rings (SSSR count). The van der Waals surface area contributed by atoms with Gasteiger partial charge in [-0.2, -0.15) is 0 Å². The van der Waals surface area contributed by atoms with E-state index in [2.05, 4.69) is 35.2 Å². The van der Waals surface area contributed by atoms with Crippen molar-refractivity contribution in [2.75, 3.05) is 13.1 Å². The largest absolute Gasteiger partial charge is 0.354 e. The van der Waals surface area contributed by atoms with E-state index in [4.69, 9.17) is 0 Å². The molecule has 6 N–H and O–H groups in total. The first-order chi connectivity index (χ1) is 13.5. The van der Waals surface area contributed by atoms with E-state index in [0.29, 0.717) is 19.5 Å². The van der Waals surface area contributed by atoms with Crippen molar-refractivity contribution < 1.29 is 20.1 Å². The fourth-order valence-corrected chi connectivity index (χ4v) is 2.80. The van der Waals surface area contributed by atoms with Crippen molar-refractivity contribution in [1.29, 1.82) is 0 Å². The molecule has 0 bridgehead atoms. The molecule has 0 radical (unpaired) electrons. The minimum Gasteiger partial charge on any atom is -0.354 e. The fourth-order valence-electron chi connectivity index (χ4n) is 2.80. The van der Waals surface area contributed by atoms with E-state index < -0.39 is 29.8 Å². The molecule has 1 aromatic rings. The summed E-state index contributed by atoms with van der Waals surface area (Å²) in [5.41, 5.74) is 4.47. The van der Waals surface area contributed by atoms with Gasteiger partial charge in [0.15, 0.2) is 0 Å². The van der Waals surface area contributed by atoms with Crippen LogP contribution in [0.2, 0.25) is 0 Å². The maximum absolute atomic E-state index is 12.6. The number of hydrogen-bond acceptors (Lipinski definition) is 3. The number of nitrogens with one attached hydrogen (secondary N) is 3. The zero-order valence-electron chi connectivity index (χ0n) is 16.7. The van der Waals surface area contributed by atoms with E-state index in [1.54, 1.807) is 0 Å². The SMILES string of the molecule is C=CC(C([NH3+])=O)[C@@H](NC(=O)NCCCCCC)C(=O)NCCc1ccccc1. The molecule has 2 atom stereocenters. The Hall–Kier alpha value is -2.67. The van der Waals surface area contributed by atoms with Gasteiger partial charge in [0, 0.05) is 13.1 Å². The lowest BCUT2D eigenvalue weighted by Crippen LogP contribution is -2.66. The number of amides is 4.